The van der Waals surface area contributed by atoms with E-state index < -0.39 is 0 Å². The summed E-state index contributed by atoms with van der Waals surface area (Å²) in [5.41, 5.74) is 2.28. The molecule has 1 unspecified atom stereocenters. The molecule has 24 heavy (non-hydrogen) atoms. The van der Waals surface area contributed by atoms with Crippen molar-refractivity contribution in [2.75, 3.05) is 13.1 Å². The van der Waals surface area contributed by atoms with E-state index in [1.807, 2.05) is 42.6 Å². The van der Waals surface area contributed by atoms with Gasteiger partial charge in [-0.15, -0.1) is 12.4 Å². The van der Waals surface area contributed by atoms with Crippen LogP contribution < -0.4 is 4.74 Å². The number of hydrogen-bond donors (Lipinski definition) is 1. The van der Waals surface area contributed by atoms with Crippen molar-refractivity contribution in [2.24, 2.45) is 0 Å². The van der Waals surface area contributed by atoms with Gasteiger partial charge in [-0.1, -0.05) is 23.7 Å². The first-order chi connectivity index (χ1) is 11.3. The van der Waals surface area contributed by atoms with Crippen LogP contribution in [0.1, 0.15) is 12.0 Å². The van der Waals surface area contributed by atoms with Crippen molar-refractivity contribution in [1.29, 1.82) is 0 Å². The Morgan fingerprint density at radius 2 is 2.17 bits per heavy atom. The molecule has 1 aliphatic rings. The number of aromatic nitrogens is 2. The lowest BCUT2D eigenvalue weighted by Gasteiger charge is -2.17. The van der Waals surface area contributed by atoms with Crippen LogP contribution in [-0.2, 0) is 6.54 Å². The predicted molar refractivity (Wildman–Crippen MR) is 99.1 cm³/mol. The molecule has 126 valence electrons. The highest BCUT2D eigenvalue weighted by atomic mass is 35.5. The Labute approximate surface area is 152 Å². The van der Waals surface area contributed by atoms with Crippen molar-refractivity contribution in [2.45, 2.75) is 19.1 Å². The second-order valence-electron chi connectivity index (χ2n) is 6.01. The van der Waals surface area contributed by atoms with Crippen molar-refractivity contribution in [3.8, 4) is 5.75 Å². The number of halogens is 2. The molecule has 0 aliphatic carbocycles. The van der Waals surface area contributed by atoms with Crippen molar-refractivity contribution >= 4 is 34.9 Å². The summed E-state index contributed by atoms with van der Waals surface area (Å²) >= 11 is 6.05. The van der Waals surface area contributed by atoms with Crippen molar-refractivity contribution in [3.05, 3.63) is 59.2 Å². The van der Waals surface area contributed by atoms with Gasteiger partial charge in [0, 0.05) is 30.0 Å². The number of nitrogens with one attached hydrogen (secondary N) is 1. The van der Waals surface area contributed by atoms with E-state index in [9.17, 15) is 0 Å². The molecule has 0 amide bonds. The first-order valence-electron chi connectivity index (χ1n) is 7.83. The molecule has 1 atom stereocenters. The predicted octanol–water partition coefficient (Wildman–Crippen LogP) is 4.29. The van der Waals surface area contributed by atoms with Crippen LogP contribution in [0.5, 0.6) is 5.75 Å². The highest BCUT2D eigenvalue weighted by Crippen LogP contribution is 2.23. The second-order valence-corrected chi connectivity index (χ2v) is 6.45. The SMILES string of the molecule is Cl.Clc1cccc(CN2CCC(Oc3ccc4[nH]ncc4c3)C2)c1. The monoisotopic (exact) mass is 363 g/mol. The minimum atomic E-state index is 0. The van der Waals surface area contributed by atoms with Crippen LogP contribution in [0.3, 0.4) is 0 Å². The molecule has 1 N–H and O–H groups in total. The number of H-pyrrole nitrogens is 1. The molecule has 3 aromatic rings. The molecular formula is C18H19Cl2N3O. The number of ether oxygens (including phenoxy) is 1. The summed E-state index contributed by atoms with van der Waals surface area (Å²) in [6.07, 6.45) is 3.10. The Bertz CT molecular complexity index is 821. The van der Waals surface area contributed by atoms with E-state index in [2.05, 4.69) is 21.2 Å². The van der Waals surface area contributed by atoms with E-state index in [4.69, 9.17) is 16.3 Å². The summed E-state index contributed by atoms with van der Waals surface area (Å²) in [5.74, 6) is 0.911. The van der Waals surface area contributed by atoms with Crippen LogP contribution in [0.4, 0.5) is 0 Å². The minimum Gasteiger partial charge on any atom is -0.489 e. The third kappa shape index (κ3) is 3.83. The fourth-order valence-corrected chi connectivity index (χ4v) is 3.33. The number of fused-ring (bicyclic) bond motifs is 1. The van der Waals surface area contributed by atoms with Gasteiger partial charge in [0.1, 0.15) is 11.9 Å². The van der Waals surface area contributed by atoms with Crippen molar-refractivity contribution in [3.63, 3.8) is 0 Å². The van der Waals surface area contributed by atoms with Gasteiger partial charge in [-0.2, -0.15) is 5.10 Å². The molecule has 0 bridgehead atoms. The maximum Gasteiger partial charge on any atom is 0.120 e. The van der Waals surface area contributed by atoms with Crippen molar-refractivity contribution < 1.29 is 4.74 Å². The zero-order chi connectivity index (χ0) is 15.6. The first-order valence-corrected chi connectivity index (χ1v) is 8.21. The Balaban J connectivity index is 0.00000169. The molecule has 2 heterocycles. The van der Waals surface area contributed by atoms with Crippen LogP contribution in [0, 0.1) is 0 Å². The third-order valence-corrected chi connectivity index (χ3v) is 4.47. The normalized spacial score (nSPS) is 17.8. The molecule has 0 spiro atoms. The van der Waals surface area contributed by atoms with Gasteiger partial charge >= 0.3 is 0 Å². The Morgan fingerprint density at radius 3 is 3.04 bits per heavy atom. The lowest BCUT2D eigenvalue weighted by atomic mass is 10.2. The summed E-state index contributed by atoms with van der Waals surface area (Å²) in [5, 5.41) is 8.87. The molecule has 4 nitrogen and oxygen atoms in total. The average molecular weight is 364 g/mol. The Kier molecular flexibility index (Phi) is 5.29. The highest BCUT2D eigenvalue weighted by molar-refractivity contribution is 6.30. The summed E-state index contributed by atoms with van der Waals surface area (Å²) in [7, 11) is 0. The Hall–Kier alpha value is -1.75. The number of rotatable bonds is 4. The fraction of sp³-hybridized carbons (Fsp3) is 0.278. The smallest absolute Gasteiger partial charge is 0.120 e. The fourth-order valence-electron chi connectivity index (χ4n) is 3.12. The lowest BCUT2D eigenvalue weighted by molar-refractivity contribution is 0.198. The number of likely N-dealkylation sites (tertiary alicyclic amines) is 1. The van der Waals surface area contributed by atoms with E-state index in [0.29, 0.717) is 0 Å². The largest absolute Gasteiger partial charge is 0.489 e. The summed E-state index contributed by atoms with van der Waals surface area (Å²) in [6, 6.07) is 14.1. The van der Waals surface area contributed by atoms with Gasteiger partial charge in [-0.3, -0.25) is 10.00 Å². The molecule has 1 aromatic heterocycles. The van der Waals surface area contributed by atoms with Gasteiger partial charge in [0.05, 0.1) is 11.7 Å². The number of aromatic amines is 1. The molecule has 1 fully saturated rings. The van der Waals surface area contributed by atoms with Gasteiger partial charge in [0.25, 0.3) is 0 Å². The van der Waals surface area contributed by atoms with E-state index >= 15 is 0 Å². The summed E-state index contributed by atoms with van der Waals surface area (Å²) in [4.78, 5) is 2.41. The van der Waals surface area contributed by atoms with E-state index in [0.717, 1.165) is 47.7 Å². The van der Waals surface area contributed by atoms with Gasteiger partial charge in [0.2, 0.25) is 0 Å². The topological polar surface area (TPSA) is 41.1 Å². The van der Waals surface area contributed by atoms with Crippen LogP contribution in [0.2, 0.25) is 5.02 Å². The molecule has 1 aliphatic heterocycles. The third-order valence-electron chi connectivity index (χ3n) is 4.24. The average Bonchev–Trinajstić information content (AvgIpc) is 3.16. The number of benzene rings is 2. The number of nitrogens with zero attached hydrogens (tertiary/aromatic N) is 2. The molecule has 6 heteroatoms. The van der Waals surface area contributed by atoms with Gasteiger partial charge < -0.3 is 4.74 Å². The molecule has 0 radical (unpaired) electrons. The van der Waals surface area contributed by atoms with Crippen LogP contribution in [0.15, 0.2) is 48.7 Å². The quantitative estimate of drug-likeness (QED) is 0.751. The van der Waals surface area contributed by atoms with Crippen molar-refractivity contribution in [1.82, 2.24) is 15.1 Å². The van der Waals surface area contributed by atoms with E-state index in [1.165, 1.54) is 5.56 Å². The van der Waals surface area contributed by atoms with E-state index in [1.54, 1.807) is 0 Å². The Morgan fingerprint density at radius 1 is 1.25 bits per heavy atom. The molecule has 4 rings (SSSR count). The maximum atomic E-state index is 6.14. The van der Waals surface area contributed by atoms with Gasteiger partial charge in [0.15, 0.2) is 0 Å². The standard InChI is InChI=1S/C18H18ClN3O.ClH/c19-15-3-1-2-13(8-15)11-22-7-6-17(12-22)23-16-4-5-18-14(9-16)10-20-21-18;/h1-5,8-10,17H,6-7,11-12H2,(H,20,21);1H. The van der Waals surface area contributed by atoms with E-state index in [-0.39, 0.29) is 18.5 Å². The maximum absolute atomic E-state index is 6.14. The first kappa shape index (κ1) is 17.1. The zero-order valence-corrected chi connectivity index (χ0v) is 14.7. The number of hydrogen-bond acceptors (Lipinski definition) is 3. The molecule has 2 aromatic carbocycles. The highest BCUT2D eigenvalue weighted by Gasteiger charge is 2.24. The summed E-state index contributed by atoms with van der Waals surface area (Å²) < 4.78 is 6.14. The van der Waals surface area contributed by atoms with Gasteiger partial charge in [-0.05, 0) is 42.3 Å². The van der Waals surface area contributed by atoms with Crippen LogP contribution in [0.25, 0.3) is 10.9 Å². The molecule has 1 saturated heterocycles. The lowest BCUT2D eigenvalue weighted by Crippen LogP contribution is -2.24. The summed E-state index contributed by atoms with van der Waals surface area (Å²) in [6.45, 7) is 2.91. The second kappa shape index (κ2) is 7.43. The molecular weight excluding hydrogens is 345 g/mol. The van der Waals surface area contributed by atoms with Crippen LogP contribution in [-0.4, -0.2) is 34.3 Å². The zero-order valence-electron chi connectivity index (χ0n) is 13.1. The molecule has 0 saturated carbocycles. The minimum absolute atomic E-state index is 0. The van der Waals surface area contributed by atoms with Crippen LogP contribution >= 0.6 is 24.0 Å². The van der Waals surface area contributed by atoms with Gasteiger partial charge in [-0.25, -0.2) is 0 Å².